The van der Waals surface area contributed by atoms with E-state index in [0.29, 0.717) is 0 Å². The number of hydrogen-bond acceptors (Lipinski definition) is 2. The Kier molecular flexibility index (Phi) is 2.88. The molecule has 0 aromatic carbocycles. The minimum Gasteiger partial charge on any atom is -0.496 e. The summed E-state index contributed by atoms with van der Waals surface area (Å²) < 4.78 is 5.20. The van der Waals surface area contributed by atoms with E-state index in [0.717, 1.165) is 22.2 Å². The highest BCUT2D eigenvalue weighted by molar-refractivity contribution is 9.08. The van der Waals surface area contributed by atoms with Crippen LogP contribution in [0.4, 0.5) is 0 Å². The van der Waals surface area contributed by atoms with Gasteiger partial charge in [-0.1, -0.05) is 15.9 Å². The van der Waals surface area contributed by atoms with Gasteiger partial charge in [0.1, 0.15) is 5.75 Å². The number of rotatable bonds is 2. The van der Waals surface area contributed by atoms with E-state index in [2.05, 4.69) is 20.9 Å². The lowest BCUT2D eigenvalue weighted by atomic mass is 10.2. The van der Waals surface area contributed by atoms with Crippen LogP contribution in [0.15, 0.2) is 12.4 Å². The molecule has 0 spiro atoms. The zero-order valence-electron chi connectivity index (χ0n) is 6.60. The number of halogens is 1. The molecule has 0 saturated heterocycles. The number of ether oxygens (including phenoxy) is 1. The molecule has 1 aromatic heterocycles. The average molecular weight is 216 g/mol. The van der Waals surface area contributed by atoms with Gasteiger partial charge in [0.05, 0.1) is 7.11 Å². The third kappa shape index (κ3) is 1.71. The van der Waals surface area contributed by atoms with Crippen LogP contribution in [0.1, 0.15) is 11.1 Å². The van der Waals surface area contributed by atoms with Crippen molar-refractivity contribution in [1.82, 2.24) is 4.98 Å². The first-order valence-corrected chi connectivity index (χ1v) is 4.45. The first kappa shape index (κ1) is 8.53. The monoisotopic (exact) mass is 215 g/mol. The summed E-state index contributed by atoms with van der Waals surface area (Å²) in [4.78, 5) is 4.05. The smallest absolute Gasteiger partial charge is 0.128 e. The van der Waals surface area contributed by atoms with Gasteiger partial charge in [0.25, 0.3) is 0 Å². The van der Waals surface area contributed by atoms with Gasteiger partial charge in [0.2, 0.25) is 0 Å². The van der Waals surface area contributed by atoms with Crippen molar-refractivity contribution in [3.8, 4) is 5.75 Å². The molecule has 2 nitrogen and oxygen atoms in total. The van der Waals surface area contributed by atoms with Gasteiger partial charge in [-0.15, -0.1) is 0 Å². The van der Waals surface area contributed by atoms with Gasteiger partial charge >= 0.3 is 0 Å². The molecule has 11 heavy (non-hydrogen) atoms. The predicted octanol–water partition coefficient (Wildman–Crippen LogP) is 2.29. The zero-order valence-corrected chi connectivity index (χ0v) is 8.18. The largest absolute Gasteiger partial charge is 0.496 e. The molecule has 0 unspecified atom stereocenters. The number of nitrogens with zero attached hydrogens (tertiary/aromatic N) is 1. The van der Waals surface area contributed by atoms with E-state index in [1.54, 1.807) is 19.5 Å². The molecular formula is C8H10BrNO. The summed E-state index contributed by atoms with van der Waals surface area (Å²) in [7, 11) is 1.68. The SMILES string of the molecule is COc1c(C)cncc1CBr. The van der Waals surface area contributed by atoms with Crippen LogP contribution < -0.4 is 4.74 Å². The van der Waals surface area contributed by atoms with Gasteiger partial charge in [0.15, 0.2) is 0 Å². The molecule has 0 aliphatic rings. The van der Waals surface area contributed by atoms with E-state index >= 15 is 0 Å². The van der Waals surface area contributed by atoms with E-state index < -0.39 is 0 Å². The van der Waals surface area contributed by atoms with Crippen LogP contribution in [0.2, 0.25) is 0 Å². The van der Waals surface area contributed by atoms with Crippen molar-refractivity contribution < 1.29 is 4.74 Å². The van der Waals surface area contributed by atoms with Crippen LogP contribution in [0, 0.1) is 6.92 Å². The van der Waals surface area contributed by atoms with Crippen molar-refractivity contribution in [3.05, 3.63) is 23.5 Å². The quantitative estimate of drug-likeness (QED) is 0.707. The molecule has 0 N–H and O–H groups in total. The fourth-order valence-corrected chi connectivity index (χ4v) is 1.40. The maximum Gasteiger partial charge on any atom is 0.128 e. The molecule has 0 atom stereocenters. The van der Waals surface area contributed by atoms with E-state index in [1.807, 2.05) is 6.92 Å². The molecule has 60 valence electrons. The third-order valence-electron chi connectivity index (χ3n) is 1.50. The molecule has 0 saturated carbocycles. The second-order valence-electron chi connectivity index (χ2n) is 2.28. The number of alkyl halides is 1. The fraction of sp³-hybridized carbons (Fsp3) is 0.375. The van der Waals surface area contributed by atoms with Gasteiger partial charge < -0.3 is 4.74 Å². The maximum atomic E-state index is 5.20. The molecule has 0 amide bonds. The van der Waals surface area contributed by atoms with E-state index in [9.17, 15) is 0 Å². The zero-order chi connectivity index (χ0) is 8.27. The molecule has 3 heteroatoms. The normalized spacial score (nSPS) is 9.73. The predicted molar refractivity (Wildman–Crippen MR) is 48.2 cm³/mol. The number of aryl methyl sites for hydroxylation is 1. The van der Waals surface area contributed by atoms with Gasteiger partial charge in [0, 0.05) is 28.9 Å². The summed E-state index contributed by atoms with van der Waals surface area (Å²) in [5.74, 6) is 0.928. The molecule has 1 rings (SSSR count). The Morgan fingerprint density at radius 2 is 2.27 bits per heavy atom. The van der Waals surface area contributed by atoms with Gasteiger partial charge in [-0.05, 0) is 6.92 Å². The van der Waals surface area contributed by atoms with Gasteiger partial charge in [-0.3, -0.25) is 4.98 Å². The minimum atomic E-state index is 0.783. The molecule has 0 fully saturated rings. The fourth-order valence-electron chi connectivity index (χ4n) is 0.997. The van der Waals surface area contributed by atoms with Crippen LogP contribution in [-0.4, -0.2) is 12.1 Å². The highest BCUT2D eigenvalue weighted by Gasteiger charge is 2.03. The van der Waals surface area contributed by atoms with Crippen molar-refractivity contribution in [1.29, 1.82) is 0 Å². The first-order chi connectivity index (χ1) is 5.29. The number of aromatic nitrogens is 1. The Labute approximate surface area is 74.7 Å². The molecule has 0 aliphatic heterocycles. The molecule has 1 heterocycles. The summed E-state index contributed by atoms with van der Waals surface area (Å²) in [6, 6.07) is 0. The van der Waals surface area contributed by atoms with Gasteiger partial charge in [-0.25, -0.2) is 0 Å². The maximum absolute atomic E-state index is 5.20. The van der Waals surface area contributed by atoms with Crippen LogP contribution >= 0.6 is 15.9 Å². The minimum absolute atomic E-state index is 0.783. The standard InChI is InChI=1S/C8H10BrNO/c1-6-4-10-5-7(3-9)8(6)11-2/h4-5H,3H2,1-2H3. The molecule has 1 aromatic rings. The second-order valence-corrected chi connectivity index (χ2v) is 2.84. The van der Waals surface area contributed by atoms with Crippen molar-refractivity contribution in [2.75, 3.05) is 7.11 Å². The average Bonchev–Trinajstić information content (AvgIpc) is 2.04. The number of hydrogen-bond donors (Lipinski definition) is 0. The lowest BCUT2D eigenvalue weighted by Gasteiger charge is -2.07. The van der Waals surface area contributed by atoms with E-state index in [-0.39, 0.29) is 0 Å². The highest BCUT2D eigenvalue weighted by atomic mass is 79.9. The van der Waals surface area contributed by atoms with Crippen molar-refractivity contribution >= 4 is 15.9 Å². The van der Waals surface area contributed by atoms with Crippen molar-refractivity contribution in [3.63, 3.8) is 0 Å². The number of pyridine rings is 1. The molecular weight excluding hydrogens is 206 g/mol. The molecule has 0 radical (unpaired) electrons. The third-order valence-corrected chi connectivity index (χ3v) is 2.10. The Hall–Kier alpha value is -0.570. The second kappa shape index (κ2) is 3.72. The van der Waals surface area contributed by atoms with Gasteiger partial charge in [-0.2, -0.15) is 0 Å². The van der Waals surface area contributed by atoms with Crippen molar-refractivity contribution in [2.24, 2.45) is 0 Å². The Morgan fingerprint density at radius 1 is 1.55 bits per heavy atom. The number of methoxy groups -OCH3 is 1. The van der Waals surface area contributed by atoms with E-state index in [4.69, 9.17) is 4.74 Å². The topological polar surface area (TPSA) is 22.1 Å². The summed E-state index contributed by atoms with van der Waals surface area (Å²) in [5, 5.41) is 0.783. The lowest BCUT2D eigenvalue weighted by molar-refractivity contribution is 0.407. The summed E-state index contributed by atoms with van der Waals surface area (Å²) in [6.07, 6.45) is 3.60. The highest BCUT2D eigenvalue weighted by Crippen LogP contribution is 2.23. The lowest BCUT2D eigenvalue weighted by Crippen LogP contribution is -1.93. The first-order valence-electron chi connectivity index (χ1n) is 3.33. The van der Waals surface area contributed by atoms with Crippen molar-refractivity contribution in [2.45, 2.75) is 12.3 Å². The van der Waals surface area contributed by atoms with Crippen LogP contribution in [-0.2, 0) is 5.33 Å². The summed E-state index contributed by atoms with van der Waals surface area (Å²) in [6.45, 7) is 1.98. The van der Waals surface area contributed by atoms with Crippen LogP contribution in [0.3, 0.4) is 0 Å². The Bertz CT molecular complexity index is 250. The molecule has 0 aliphatic carbocycles. The van der Waals surface area contributed by atoms with E-state index in [1.165, 1.54) is 0 Å². The molecule has 0 bridgehead atoms. The Balaban J connectivity index is 3.13. The van der Waals surface area contributed by atoms with Crippen LogP contribution in [0.5, 0.6) is 5.75 Å². The van der Waals surface area contributed by atoms with Crippen LogP contribution in [0.25, 0.3) is 0 Å². The Morgan fingerprint density at radius 3 is 2.73 bits per heavy atom. The summed E-state index contributed by atoms with van der Waals surface area (Å²) in [5.41, 5.74) is 2.16. The summed E-state index contributed by atoms with van der Waals surface area (Å²) >= 11 is 3.36.